The Morgan fingerprint density at radius 3 is 1.10 bits per heavy atom. The molecule has 2 aliphatic rings. The van der Waals surface area contributed by atoms with E-state index in [-0.39, 0.29) is 12.8 Å². The van der Waals surface area contributed by atoms with E-state index >= 15 is 0 Å². The lowest BCUT2D eigenvalue weighted by atomic mass is 9.67. The number of hydrogen-bond donors (Lipinski definition) is 1. The highest BCUT2D eigenvalue weighted by Gasteiger charge is 2.48. The summed E-state index contributed by atoms with van der Waals surface area (Å²) in [5.41, 5.74) is 36.8. The topological polar surface area (TPSA) is 25.1 Å². The van der Waals surface area contributed by atoms with E-state index < -0.39 is 5.41 Å². The molecule has 2 heterocycles. The largest absolute Gasteiger partial charge is 0.356 e. The van der Waals surface area contributed by atoms with E-state index in [0.29, 0.717) is 0 Å². The number of rotatable bonds is 15. The Kier molecular flexibility index (Phi) is 21.8. The molecular weight excluding hydrogens is 1710 g/mol. The SMILES string of the molecule is Brc1ccccc1-c1cccc(-c2ccc3c4c5ccccc5ccc4n(-c4ccccc4)c3c2)c1.C.c1ccc(N(c2ccc3c(c2)C(c2ccccc2)(c2ccccc2)c2ccccc2-3)c2ccccc2-c2cccc(-c3ccc4c5c6ccccc6ccc5n(-c5ccccc5)c4c3)c2)cc1.c1ccc(Nc2ccc3c(c2)-c2ccccc2C3(c2ccccc2)c2ccccc2)cc1. The number of para-hydroxylation sites is 5. The second-order valence-electron chi connectivity index (χ2n) is 35.0. The lowest BCUT2D eigenvalue weighted by Gasteiger charge is -2.35. The maximum atomic E-state index is 3.72. The molecule has 0 amide bonds. The highest BCUT2D eigenvalue weighted by Crippen LogP contribution is 2.60. The van der Waals surface area contributed by atoms with Gasteiger partial charge in [-0.2, -0.15) is 0 Å². The second-order valence-corrected chi connectivity index (χ2v) is 35.9. The smallest absolute Gasteiger partial charge is 0.0714 e. The molecule has 0 spiro atoms. The van der Waals surface area contributed by atoms with Gasteiger partial charge in [0.05, 0.1) is 38.6 Å². The zero-order valence-corrected chi connectivity index (χ0v) is 75.6. The van der Waals surface area contributed by atoms with Crippen molar-refractivity contribution in [3.8, 4) is 78.1 Å². The predicted octanol–water partition coefficient (Wildman–Crippen LogP) is 35.6. The van der Waals surface area contributed by atoms with Crippen LogP contribution in [0.25, 0.3) is 143 Å². The van der Waals surface area contributed by atoms with Gasteiger partial charge in [0.15, 0.2) is 0 Å². The van der Waals surface area contributed by atoms with Gasteiger partial charge in [-0.05, 0) is 249 Å². The summed E-state index contributed by atoms with van der Waals surface area (Å²) >= 11 is 3.72. The van der Waals surface area contributed by atoms with Crippen molar-refractivity contribution in [1.29, 1.82) is 0 Å². The van der Waals surface area contributed by atoms with Crippen molar-refractivity contribution < 1.29 is 0 Å². The molecule has 2 aromatic heterocycles. The fraction of sp³-hybridized carbons (Fsp3) is 0.0229. The van der Waals surface area contributed by atoms with E-state index in [9.17, 15) is 0 Å². The quantitative estimate of drug-likeness (QED) is 0.111. The van der Waals surface area contributed by atoms with Gasteiger partial charge in [-0.3, -0.25) is 0 Å². The van der Waals surface area contributed by atoms with Gasteiger partial charge in [0.2, 0.25) is 0 Å². The van der Waals surface area contributed by atoms with Crippen molar-refractivity contribution in [1.82, 2.24) is 9.13 Å². The third kappa shape index (κ3) is 14.4. The summed E-state index contributed by atoms with van der Waals surface area (Å²) in [4.78, 5) is 2.45. The number of hydrogen-bond acceptors (Lipinski definition) is 2. The Labute approximate surface area is 802 Å². The number of benzene rings is 22. The molecule has 1 N–H and O–H groups in total. The van der Waals surface area contributed by atoms with Crippen LogP contribution in [0, 0.1) is 0 Å². The van der Waals surface area contributed by atoms with Gasteiger partial charge in [0.1, 0.15) is 0 Å². The van der Waals surface area contributed by atoms with Gasteiger partial charge in [-0.1, -0.05) is 436 Å². The molecule has 0 fully saturated rings. The minimum atomic E-state index is -0.513. The van der Waals surface area contributed by atoms with Gasteiger partial charge in [0.25, 0.3) is 0 Å². The minimum Gasteiger partial charge on any atom is -0.356 e. The van der Waals surface area contributed by atoms with Crippen LogP contribution in [0.15, 0.2) is 538 Å². The zero-order valence-electron chi connectivity index (χ0n) is 74.0. The molecule has 26 rings (SSSR count). The third-order valence-corrected chi connectivity index (χ3v) is 28.3. The predicted molar refractivity (Wildman–Crippen MR) is 578 cm³/mol. The van der Waals surface area contributed by atoms with E-state index in [1.807, 2.05) is 6.07 Å². The van der Waals surface area contributed by atoms with Crippen molar-refractivity contribution in [2.45, 2.75) is 18.3 Å². The van der Waals surface area contributed by atoms with Crippen LogP contribution in [-0.2, 0) is 10.8 Å². The van der Waals surface area contributed by atoms with E-state index in [0.717, 1.165) is 49.7 Å². The molecule has 0 unspecified atom stereocenters. The van der Waals surface area contributed by atoms with Crippen LogP contribution in [0.2, 0.25) is 0 Å². The van der Waals surface area contributed by atoms with Crippen molar-refractivity contribution in [2.75, 3.05) is 10.2 Å². The average Bonchev–Trinajstić information content (AvgIpc) is 1.53. The van der Waals surface area contributed by atoms with Gasteiger partial charge >= 0.3 is 0 Å². The minimum absolute atomic E-state index is 0. The average molecular weight is 1800 g/mol. The monoisotopic (exact) mass is 1800 g/mol. The zero-order chi connectivity index (χ0) is 89.8. The first kappa shape index (κ1) is 83.4. The van der Waals surface area contributed by atoms with Crippen LogP contribution in [0.4, 0.5) is 28.4 Å². The number of halogens is 1. The van der Waals surface area contributed by atoms with Crippen molar-refractivity contribution in [3.05, 3.63) is 583 Å². The van der Waals surface area contributed by atoms with Gasteiger partial charge in [0, 0.05) is 65.7 Å². The molecule has 0 bridgehead atoms. The van der Waals surface area contributed by atoms with E-state index in [4.69, 9.17) is 0 Å². The molecule has 22 aromatic carbocycles. The molecule has 4 nitrogen and oxygen atoms in total. The number of aromatic nitrogens is 2. The van der Waals surface area contributed by atoms with Crippen LogP contribution in [0.3, 0.4) is 0 Å². The maximum absolute atomic E-state index is 3.72. The first-order valence-corrected chi connectivity index (χ1v) is 47.2. The van der Waals surface area contributed by atoms with Crippen LogP contribution in [0.5, 0.6) is 0 Å². The van der Waals surface area contributed by atoms with Crippen LogP contribution in [0.1, 0.15) is 51.9 Å². The number of anilines is 5. The Morgan fingerprint density at radius 1 is 0.213 bits per heavy atom. The van der Waals surface area contributed by atoms with Crippen LogP contribution < -0.4 is 10.2 Å². The summed E-state index contributed by atoms with van der Waals surface area (Å²) < 4.78 is 5.93. The highest BCUT2D eigenvalue weighted by molar-refractivity contribution is 9.10. The summed E-state index contributed by atoms with van der Waals surface area (Å²) in [5, 5.41) is 13.8. The summed E-state index contributed by atoms with van der Waals surface area (Å²) in [6, 6.07) is 194. The molecule has 24 aromatic rings. The van der Waals surface area contributed by atoms with Crippen molar-refractivity contribution in [2.24, 2.45) is 0 Å². The first-order valence-electron chi connectivity index (χ1n) is 46.4. The normalized spacial score (nSPS) is 12.4. The lowest BCUT2D eigenvalue weighted by Crippen LogP contribution is -2.28. The Morgan fingerprint density at radius 2 is 0.596 bits per heavy atom. The molecule has 0 saturated carbocycles. The molecule has 136 heavy (non-hydrogen) atoms. The molecule has 644 valence electrons. The molecule has 0 aliphatic heterocycles. The summed E-state index contributed by atoms with van der Waals surface area (Å²) in [6.07, 6.45) is 0. The van der Waals surface area contributed by atoms with Crippen molar-refractivity contribution in [3.63, 3.8) is 0 Å². The summed E-state index contributed by atoms with van der Waals surface area (Å²) in [6.45, 7) is 0. The van der Waals surface area contributed by atoms with Crippen LogP contribution >= 0.6 is 15.9 Å². The molecular formula is C131H93BrN4. The van der Waals surface area contributed by atoms with E-state index in [1.54, 1.807) is 0 Å². The number of nitrogens with one attached hydrogen (secondary N) is 1. The molecule has 0 radical (unpaired) electrons. The summed E-state index contributed by atoms with van der Waals surface area (Å²) in [5.74, 6) is 0. The van der Waals surface area contributed by atoms with E-state index in [2.05, 4.69) is 563 Å². The maximum Gasteiger partial charge on any atom is 0.0714 e. The number of nitrogens with zero attached hydrogens (tertiary/aromatic N) is 3. The van der Waals surface area contributed by atoms with Crippen LogP contribution in [-0.4, -0.2) is 9.13 Å². The van der Waals surface area contributed by atoms with Crippen molar-refractivity contribution >= 4 is 110 Å². The lowest BCUT2D eigenvalue weighted by molar-refractivity contribution is 0.768. The summed E-state index contributed by atoms with van der Waals surface area (Å²) in [7, 11) is 0. The standard InChI is InChI=1S/C65H44N2.C34H22BrN.C31H23N.CH4/c1-5-23-49(24-6-1)65(50-25-7-2-8-26-50)59-34-17-15-33-56(59)57-40-38-53(44-60(57)65)66(51-27-9-3-10-28-51)61-35-18-16-31-54(61)48-22-19-21-46(42-48)47-36-39-58-63(43-47)67(52-29-11-4-12-30-52)62-41-37-45-20-13-14-32-55(45)64(58)62;35-31-16-7-6-14-28(31)26-11-8-10-24(21-26)25-17-19-30-33(22-25)36(27-12-2-1-3-13-27)32-20-18-23-9-4-5-15-29(23)34(30)32;1-4-12-23(13-5-1)31(24-14-6-2-7-15-24)29-19-11-10-18-27(29)28-22-26(20-21-30(28)31)32-25-16-8-3-9-17-25;/h1-44H;1-22H;1-22,32H;1H4. The molecule has 0 atom stereocenters. The number of fused-ring (bicyclic) bond motifs is 16. The first-order chi connectivity index (χ1) is 66.9. The van der Waals surface area contributed by atoms with Gasteiger partial charge in [-0.15, -0.1) is 0 Å². The Bertz CT molecular complexity index is 8490. The Balaban J connectivity index is 0.000000126. The molecule has 2 aliphatic carbocycles. The highest BCUT2D eigenvalue weighted by atomic mass is 79.9. The van der Waals surface area contributed by atoms with E-state index in [1.165, 1.54) is 171 Å². The second kappa shape index (κ2) is 35.6. The molecule has 0 saturated heterocycles. The molecule has 5 heteroatoms. The Hall–Kier alpha value is -17.0. The van der Waals surface area contributed by atoms with Gasteiger partial charge < -0.3 is 19.4 Å². The third-order valence-electron chi connectivity index (χ3n) is 27.6. The fourth-order valence-electron chi connectivity index (χ4n) is 21.8. The fourth-order valence-corrected chi connectivity index (χ4v) is 22.3. The van der Waals surface area contributed by atoms with Gasteiger partial charge in [-0.25, -0.2) is 0 Å².